The summed E-state index contributed by atoms with van der Waals surface area (Å²) < 4.78 is 23.4. The Morgan fingerprint density at radius 2 is 1.59 bits per heavy atom. The average Bonchev–Trinajstić information content (AvgIpc) is 2.71. The van der Waals surface area contributed by atoms with Gasteiger partial charge in [0.1, 0.15) is 30.0 Å². The van der Waals surface area contributed by atoms with Gasteiger partial charge in [0.05, 0.1) is 24.8 Å². The van der Waals surface area contributed by atoms with E-state index in [4.69, 9.17) is 41.9 Å². The van der Waals surface area contributed by atoms with Crippen molar-refractivity contribution in [3.8, 4) is 0 Å². The Bertz CT molecular complexity index is 615. The van der Waals surface area contributed by atoms with Gasteiger partial charge in [-0.05, 0) is 40.2 Å². The first kappa shape index (κ1) is 26.1. The molecule has 2 aliphatic heterocycles. The van der Waals surface area contributed by atoms with Crippen molar-refractivity contribution >= 4 is 0 Å². The number of rotatable bonds is 6. The van der Waals surface area contributed by atoms with E-state index in [0.29, 0.717) is 12.8 Å². The summed E-state index contributed by atoms with van der Waals surface area (Å²) in [5.41, 5.74) is 23.3. The van der Waals surface area contributed by atoms with E-state index in [2.05, 4.69) is 5.32 Å². The number of hydrogen-bond donors (Lipinski definition) is 8. The Morgan fingerprint density at radius 1 is 1.00 bits per heavy atom. The van der Waals surface area contributed by atoms with E-state index in [1.54, 1.807) is 14.0 Å². The summed E-state index contributed by atoms with van der Waals surface area (Å²) in [5, 5.41) is 35.0. The first-order valence-electron chi connectivity index (χ1n) is 11.3. The fourth-order valence-corrected chi connectivity index (χ4v) is 4.87. The maximum absolute atomic E-state index is 11.1. The van der Waals surface area contributed by atoms with Gasteiger partial charge in [-0.15, -0.1) is 0 Å². The van der Waals surface area contributed by atoms with E-state index in [0.717, 1.165) is 6.42 Å². The second kappa shape index (κ2) is 10.4. The van der Waals surface area contributed by atoms with Crippen LogP contribution < -0.4 is 28.3 Å². The first-order valence-corrected chi connectivity index (χ1v) is 11.3. The summed E-state index contributed by atoms with van der Waals surface area (Å²) in [6, 6.07) is -2.47. The summed E-state index contributed by atoms with van der Waals surface area (Å²) >= 11 is 0. The molecule has 0 aromatic carbocycles. The van der Waals surface area contributed by atoms with Crippen molar-refractivity contribution in [2.24, 2.45) is 22.9 Å². The lowest BCUT2D eigenvalue weighted by Gasteiger charge is -2.48. The summed E-state index contributed by atoms with van der Waals surface area (Å²) in [6.07, 6.45) is -4.58. The van der Waals surface area contributed by atoms with E-state index < -0.39 is 60.7 Å². The normalized spacial score (nSPS) is 51.4. The number of nitrogens with two attached hydrogens (primary N) is 4. The highest BCUT2D eigenvalue weighted by Crippen LogP contribution is 2.31. The summed E-state index contributed by atoms with van der Waals surface area (Å²) in [4.78, 5) is 0. The van der Waals surface area contributed by atoms with E-state index in [9.17, 15) is 15.3 Å². The molecular weight excluding hydrogens is 422 g/mol. The standard InChI is InChI=1S/C20H41N5O7/c1-8(21)12-5-4-9(22)18(30-12)31-15-10(23)6-11(24)16(13(15)26)32-19-14(27)17(25-3)20(2,28)7-29-19/h8-19,25-28H,4-7,21-24H2,1-3H3/t8?,9?,10?,11?,12?,13?,14-,15?,16?,17-,18?,19-,20+/m1/s1. The van der Waals surface area contributed by atoms with Crippen LogP contribution in [0.2, 0.25) is 0 Å². The molecule has 12 N–H and O–H groups in total. The highest BCUT2D eigenvalue weighted by atomic mass is 16.7. The van der Waals surface area contributed by atoms with Gasteiger partial charge in [0.25, 0.3) is 0 Å². The predicted octanol–water partition coefficient (Wildman–Crippen LogP) is -3.59. The lowest BCUT2D eigenvalue weighted by molar-refractivity contribution is -0.307. The number of hydrogen-bond acceptors (Lipinski definition) is 12. The largest absolute Gasteiger partial charge is 0.388 e. The van der Waals surface area contributed by atoms with Gasteiger partial charge in [0.2, 0.25) is 0 Å². The Morgan fingerprint density at radius 3 is 2.16 bits per heavy atom. The van der Waals surface area contributed by atoms with E-state index in [1.165, 1.54) is 0 Å². The van der Waals surface area contributed by atoms with E-state index in [1.807, 2.05) is 6.92 Å². The van der Waals surface area contributed by atoms with Gasteiger partial charge in [-0.3, -0.25) is 0 Å². The maximum Gasteiger partial charge on any atom is 0.185 e. The molecule has 12 nitrogen and oxygen atoms in total. The smallest absolute Gasteiger partial charge is 0.185 e. The third kappa shape index (κ3) is 5.43. The Balaban J connectivity index is 1.69. The van der Waals surface area contributed by atoms with E-state index >= 15 is 0 Å². The zero-order valence-corrected chi connectivity index (χ0v) is 19.0. The van der Waals surface area contributed by atoms with Crippen LogP contribution in [0.25, 0.3) is 0 Å². The minimum Gasteiger partial charge on any atom is -0.388 e. The molecule has 3 aliphatic rings. The van der Waals surface area contributed by atoms with Gasteiger partial charge in [-0.1, -0.05) is 0 Å². The summed E-state index contributed by atoms with van der Waals surface area (Å²) in [7, 11) is 1.62. The SMILES string of the molecule is CN[C@@H]1[C@@H](O)[C@@H](OC2C(N)CC(N)C(OC3OC(C(C)N)CCC3N)C2O)OC[C@]1(C)O. The van der Waals surface area contributed by atoms with Crippen LogP contribution in [0, 0.1) is 0 Å². The van der Waals surface area contributed by atoms with Gasteiger partial charge >= 0.3 is 0 Å². The van der Waals surface area contributed by atoms with Crippen LogP contribution in [0.3, 0.4) is 0 Å². The molecule has 1 saturated carbocycles. The van der Waals surface area contributed by atoms with Crippen molar-refractivity contribution in [3.05, 3.63) is 0 Å². The van der Waals surface area contributed by atoms with Crippen molar-refractivity contribution in [1.82, 2.24) is 5.32 Å². The molecule has 0 bridgehead atoms. The zero-order chi connectivity index (χ0) is 23.8. The number of aliphatic hydroxyl groups excluding tert-OH is 2. The molecule has 0 spiro atoms. The van der Waals surface area contributed by atoms with Crippen molar-refractivity contribution in [2.75, 3.05) is 13.7 Å². The monoisotopic (exact) mass is 463 g/mol. The number of likely N-dealkylation sites (N-methyl/N-ethyl adjacent to an activating group) is 1. The van der Waals surface area contributed by atoms with Crippen molar-refractivity contribution in [1.29, 1.82) is 0 Å². The molecule has 3 fully saturated rings. The molecule has 9 unspecified atom stereocenters. The first-order chi connectivity index (χ1) is 15.0. The Hall–Kier alpha value is -0.480. The van der Waals surface area contributed by atoms with Crippen LogP contribution in [0.1, 0.15) is 33.1 Å². The highest BCUT2D eigenvalue weighted by Gasteiger charge is 2.50. The van der Waals surface area contributed by atoms with Gasteiger partial charge in [-0.2, -0.15) is 0 Å². The van der Waals surface area contributed by atoms with Crippen LogP contribution in [-0.2, 0) is 18.9 Å². The number of aliphatic hydroxyl groups is 3. The van der Waals surface area contributed by atoms with Crippen LogP contribution in [0.5, 0.6) is 0 Å². The fraction of sp³-hybridized carbons (Fsp3) is 1.00. The molecule has 0 radical (unpaired) electrons. The predicted molar refractivity (Wildman–Crippen MR) is 115 cm³/mol. The molecule has 13 atom stereocenters. The maximum atomic E-state index is 11.1. The fourth-order valence-electron chi connectivity index (χ4n) is 4.87. The second-order valence-electron chi connectivity index (χ2n) is 9.69. The van der Waals surface area contributed by atoms with Crippen LogP contribution >= 0.6 is 0 Å². The lowest BCUT2D eigenvalue weighted by Crippen LogP contribution is -2.68. The third-order valence-corrected chi connectivity index (χ3v) is 6.81. The van der Waals surface area contributed by atoms with Gasteiger partial charge in [0.15, 0.2) is 12.6 Å². The minimum absolute atomic E-state index is 0.0683. The zero-order valence-electron chi connectivity index (χ0n) is 19.0. The van der Waals surface area contributed by atoms with Gasteiger partial charge in [-0.25, -0.2) is 0 Å². The molecular formula is C20H41N5O7. The molecule has 32 heavy (non-hydrogen) atoms. The van der Waals surface area contributed by atoms with E-state index in [-0.39, 0.29) is 24.8 Å². The molecule has 2 saturated heterocycles. The summed E-state index contributed by atoms with van der Waals surface area (Å²) in [6.45, 7) is 3.34. The van der Waals surface area contributed by atoms with Crippen molar-refractivity contribution in [2.45, 2.75) is 112 Å². The highest BCUT2D eigenvalue weighted by molar-refractivity contribution is 5.02. The second-order valence-corrected chi connectivity index (χ2v) is 9.69. The van der Waals surface area contributed by atoms with Gasteiger partial charge < -0.3 is 62.5 Å². The molecule has 12 heteroatoms. The third-order valence-electron chi connectivity index (χ3n) is 6.81. The molecule has 188 valence electrons. The van der Waals surface area contributed by atoms with Crippen LogP contribution in [0.15, 0.2) is 0 Å². The average molecular weight is 464 g/mol. The van der Waals surface area contributed by atoms with Crippen molar-refractivity contribution < 1.29 is 34.3 Å². The molecule has 3 rings (SSSR count). The topological polar surface area (TPSA) is 214 Å². The molecule has 0 aromatic heterocycles. The number of ether oxygens (including phenoxy) is 4. The molecule has 1 aliphatic carbocycles. The van der Waals surface area contributed by atoms with Crippen molar-refractivity contribution in [3.63, 3.8) is 0 Å². The lowest BCUT2D eigenvalue weighted by atomic mass is 9.84. The summed E-state index contributed by atoms with van der Waals surface area (Å²) in [5.74, 6) is 0. The minimum atomic E-state index is -1.29. The Kier molecular flexibility index (Phi) is 8.51. The quantitative estimate of drug-likeness (QED) is 0.192. The number of nitrogens with one attached hydrogen (secondary N) is 1. The van der Waals surface area contributed by atoms with Crippen LogP contribution in [0.4, 0.5) is 0 Å². The molecule has 2 heterocycles. The Labute approximate surface area is 188 Å². The van der Waals surface area contributed by atoms with Gasteiger partial charge in [0, 0.05) is 18.1 Å². The van der Waals surface area contributed by atoms with Crippen LogP contribution in [-0.4, -0.2) is 108 Å². The molecule has 0 amide bonds. The molecule has 0 aromatic rings.